The number of amides is 1. The molecule has 2 heterocycles. The van der Waals surface area contributed by atoms with Crippen LogP contribution in [0.2, 0.25) is 0 Å². The van der Waals surface area contributed by atoms with Gasteiger partial charge in [0.25, 0.3) is 0 Å². The van der Waals surface area contributed by atoms with Crippen LogP contribution in [0.25, 0.3) is 22.5 Å². The van der Waals surface area contributed by atoms with Crippen molar-refractivity contribution in [1.29, 1.82) is 5.41 Å². The lowest BCUT2D eigenvalue weighted by Crippen LogP contribution is -2.51. The fraction of sp³-hybridized carbons (Fsp3) is 0.300. The molecule has 0 radical (unpaired) electrons. The van der Waals surface area contributed by atoms with Crippen molar-refractivity contribution >= 4 is 11.7 Å². The average Bonchev–Trinajstić information content (AvgIpc) is 3.33. The van der Waals surface area contributed by atoms with Gasteiger partial charge in [0, 0.05) is 43.7 Å². The van der Waals surface area contributed by atoms with Crippen LogP contribution in [0.1, 0.15) is 24.8 Å². The molecular formula is C30H35N5O. The second-order valence-corrected chi connectivity index (χ2v) is 9.18. The fourth-order valence-corrected chi connectivity index (χ4v) is 4.52. The van der Waals surface area contributed by atoms with Crippen molar-refractivity contribution in [3.05, 3.63) is 91.0 Å². The Balaban J connectivity index is 1.41. The maximum Gasteiger partial charge on any atom is 0.244 e. The summed E-state index contributed by atoms with van der Waals surface area (Å²) >= 11 is 0. The fourth-order valence-electron chi connectivity index (χ4n) is 4.52. The van der Waals surface area contributed by atoms with E-state index in [1.54, 1.807) is 6.08 Å². The zero-order chi connectivity index (χ0) is 25.3. The first kappa shape index (κ1) is 25.2. The Morgan fingerprint density at radius 2 is 1.72 bits per heavy atom. The number of aromatic nitrogens is 2. The van der Waals surface area contributed by atoms with Gasteiger partial charge in [0.1, 0.15) is 6.54 Å². The van der Waals surface area contributed by atoms with Crippen molar-refractivity contribution < 1.29 is 4.79 Å². The molecule has 1 N–H and O–H groups in total. The number of carbonyl (C=O) groups is 1. The standard InChI is InChI=1S/C30H35N5O/c1-3-4-5-6-10-16-29(31)33-17-19-34(20-18-33)30(36)23-35-28(26-15-11-12-24(2)21-26)22-27(32-35)25-13-8-7-9-14-25/h3-5,7-9,11-15,21-22,31H,1,6,10,16-20,23H2,2H3. The van der Waals surface area contributed by atoms with Gasteiger partial charge < -0.3 is 9.80 Å². The van der Waals surface area contributed by atoms with E-state index in [9.17, 15) is 4.79 Å². The molecule has 0 aliphatic carbocycles. The molecule has 1 fully saturated rings. The van der Waals surface area contributed by atoms with Gasteiger partial charge in [-0.1, -0.05) is 78.9 Å². The van der Waals surface area contributed by atoms with Gasteiger partial charge >= 0.3 is 0 Å². The molecule has 1 aliphatic rings. The number of unbranched alkanes of at least 4 members (excludes halogenated alkanes) is 1. The van der Waals surface area contributed by atoms with Gasteiger partial charge in [-0.3, -0.25) is 14.9 Å². The largest absolute Gasteiger partial charge is 0.357 e. The number of amidine groups is 1. The summed E-state index contributed by atoms with van der Waals surface area (Å²) in [5.74, 6) is 0.725. The lowest BCUT2D eigenvalue weighted by atomic mass is 10.1. The maximum absolute atomic E-state index is 13.3. The highest BCUT2D eigenvalue weighted by Crippen LogP contribution is 2.27. The first-order chi connectivity index (χ1) is 17.5. The predicted molar refractivity (Wildman–Crippen MR) is 147 cm³/mol. The van der Waals surface area contributed by atoms with E-state index in [0.29, 0.717) is 32.0 Å². The smallest absolute Gasteiger partial charge is 0.244 e. The summed E-state index contributed by atoms with van der Waals surface area (Å²) < 4.78 is 1.84. The summed E-state index contributed by atoms with van der Waals surface area (Å²) in [6.45, 7) is 8.61. The number of benzene rings is 2. The molecule has 1 amide bonds. The second-order valence-electron chi connectivity index (χ2n) is 9.18. The molecule has 2 aromatic carbocycles. The Labute approximate surface area is 214 Å². The third kappa shape index (κ3) is 6.39. The summed E-state index contributed by atoms with van der Waals surface area (Å²) in [5.41, 5.74) is 5.06. The monoisotopic (exact) mass is 481 g/mol. The molecule has 0 bridgehead atoms. The molecule has 6 heteroatoms. The van der Waals surface area contributed by atoms with Crippen molar-refractivity contribution in [2.24, 2.45) is 0 Å². The third-order valence-corrected chi connectivity index (χ3v) is 6.52. The maximum atomic E-state index is 13.3. The molecule has 0 unspecified atom stereocenters. The molecule has 0 saturated carbocycles. The number of nitrogens with zero attached hydrogens (tertiary/aromatic N) is 4. The number of nitrogens with one attached hydrogen (secondary N) is 1. The van der Waals surface area contributed by atoms with Gasteiger partial charge in [-0.15, -0.1) is 0 Å². The molecule has 0 atom stereocenters. The van der Waals surface area contributed by atoms with E-state index in [4.69, 9.17) is 10.5 Å². The number of hydrogen-bond donors (Lipinski definition) is 1. The Hall–Kier alpha value is -3.93. The van der Waals surface area contributed by atoms with Crippen molar-refractivity contribution in [3.8, 4) is 22.5 Å². The normalized spacial score (nSPS) is 13.8. The summed E-state index contributed by atoms with van der Waals surface area (Å²) in [6.07, 6.45) is 8.46. The first-order valence-corrected chi connectivity index (χ1v) is 12.6. The zero-order valence-electron chi connectivity index (χ0n) is 21.1. The van der Waals surface area contributed by atoms with E-state index in [1.807, 2.05) is 52.1 Å². The summed E-state index contributed by atoms with van der Waals surface area (Å²) in [4.78, 5) is 17.3. The number of allylic oxidation sites excluding steroid dienone is 3. The van der Waals surface area contributed by atoms with Crippen LogP contribution in [0.5, 0.6) is 0 Å². The van der Waals surface area contributed by atoms with Crippen molar-refractivity contribution in [3.63, 3.8) is 0 Å². The highest BCUT2D eigenvalue weighted by atomic mass is 16.2. The predicted octanol–water partition coefficient (Wildman–Crippen LogP) is 5.56. The number of rotatable bonds is 9. The van der Waals surface area contributed by atoms with Crippen LogP contribution >= 0.6 is 0 Å². The molecule has 1 aliphatic heterocycles. The lowest BCUT2D eigenvalue weighted by Gasteiger charge is -2.36. The molecule has 36 heavy (non-hydrogen) atoms. The van der Waals surface area contributed by atoms with Crippen molar-refractivity contribution in [1.82, 2.24) is 19.6 Å². The minimum Gasteiger partial charge on any atom is -0.357 e. The molecule has 186 valence electrons. The number of carbonyl (C=O) groups excluding carboxylic acids is 1. The van der Waals surface area contributed by atoms with E-state index < -0.39 is 0 Å². The van der Waals surface area contributed by atoms with Crippen LogP contribution in [-0.2, 0) is 11.3 Å². The Morgan fingerprint density at radius 1 is 1.00 bits per heavy atom. The van der Waals surface area contributed by atoms with Crippen LogP contribution < -0.4 is 0 Å². The number of piperazine rings is 1. The Morgan fingerprint density at radius 3 is 2.44 bits per heavy atom. The average molecular weight is 482 g/mol. The quantitative estimate of drug-likeness (QED) is 0.188. The minimum absolute atomic E-state index is 0.0624. The minimum atomic E-state index is 0.0624. The summed E-state index contributed by atoms with van der Waals surface area (Å²) in [6, 6.07) is 20.4. The Kier molecular flexibility index (Phi) is 8.50. The molecular weight excluding hydrogens is 446 g/mol. The molecule has 6 nitrogen and oxygen atoms in total. The van der Waals surface area contributed by atoms with E-state index in [1.165, 1.54) is 5.56 Å². The topological polar surface area (TPSA) is 65.2 Å². The molecule has 4 rings (SSSR count). The Bertz CT molecular complexity index is 1220. The SMILES string of the molecule is C=CC=CCCCC(=N)N1CCN(C(=O)Cn2nc(-c3ccccc3)cc2-c2cccc(C)c2)CC1. The third-order valence-electron chi connectivity index (χ3n) is 6.52. The molecule has 3 aromatic rings. The van der Waals surface area contributed by atoms with Crippen LogP contribution in [0.4, 0.5) is 0 Å². The number of aryl methyl sites for hydroxylation is 1. The van der Waals surface area contributed by atoms with E-state index in [0.717, 1.165) is 41.8 Å². The second kappa shape index (κ2) is 12.2. The van der Waals surface area contributed by atoms with Gasteiger partial charge in [0.2, 0.25) is 5.91 Å². The van der Waals surface area contributed by atoms with Crippen LogP contribution in [0.15, 0.2) is 85.5 Å². The van der Waals surface area contributed by atoms with E-state index >= 15 is 0 Å². The zero-order valence-corrected chi connectivity index (χ0v) is 21.1. The highest BCUT2D eigenvalue weighted by Gasteiger charge is 2.24. The van der Waals surface area contributed by atoms with Gasteiger partial charge in [-0.05, 0) is 31.9 Å². The van der Waals surface area contributed by atoms with Gasteiger partial charge in [-0.25, -0.2) is 0 Å². The van der Waals surface area contributed by atoms with E-state index in [2.05, 4.69) is 48.7 Å². The van der Waals surface area contributed by atoms with Crippen molar-refractivity contribution in [2.75, 3.05) is 26.2 Å². The summed E-state index contributed by atoms with van der Waals surface area (Å²) in [5, 5.41) is 13.2. The van der Waals surface area contributed by atoms with Crippen molar-refractivity contribution in [2.45, 2.75) is 32.7 Å². The van der Waals surface area contributed by atoms with Gasteiger partial charge in [0.15, 0.2) is 0 Å². The van der Waals surface area contributed by atoms with E-state index in [-0.39, 0.29) is 12.5 Å². The van der Waals surface area contributed by atoms with Gasteiger partial charge in [0.05, 0.1) is 17.2 Å². The molecule has 1 saturated heterocycles. The highest BCUT2D eigenvalue weighted by molar-refractivity contribution is 5.81. The van der Waals surface area contributed by atoms with Gasteiger partial charge in [-0.2, -0.15) is 5.10 Å². The number of hydrogen-bond acceptors (Lipinski definition) is 3. The molecule has 1 aromatic heterocycles. The van der Waals surface area contributed by atoms with Crippen LogP contribution in [0.3, 0.4) is 0 Å². The summed E-state index contributed by atoms with van der Waals surface area (Å²) in [7, 11) is 0. The van der Waals surface area contributed by atoms with Crippen LogP contribution in [0, 0.1) is 12.3 Å². The lowest BCUT2D eigenvalue weighted by molar-refractivity contribution is -0.133. The van der Waals surface area contributed by atoms with Crippen LogP contribution in [-0.4, -0.2) is 57.5 Å². The molecule has 0 spiro atoms. The first-order valence-electron chi connectivity index (χ1n) is 12.6.